The number of hydrogen-bond donors (Lipinski definition) is 2. The van der Waals surface area contributed by atoms with Crippen molar-refractivity contribution in [2.24, 2.45) is 11.3 Å². The Kier molecular flexibility index (Phi) is 3.46. The SMILES string of the molecule is CC1(C)CCCC1C(=O)NCC1(O)CCOC1. The molecule has 0 aromatic carbocycles. The Morgan fingerprint density at radius 3 is 2.76 bits per heavy atom. The highest BCUT2D eigenvalue weighted by Crippen LogP contribution is 2.42. The summed E-state index contributed by atoms with van der Waals surface area (Å²) in [4.78, 5) is 12.1. The highest BCUT2D eigenvalue weighted by Gasteiger charge is 2.40. The molecule has 0 bridgehead atoms. The first-order chi connectivity index (χ1) is 7.93. The van der Waals surface area contributed by atoms with Crippen LogP contribution in [0, 0.1) is 11.3 Å². The zero-order valence-electron chi connectivity index (χ0n) is 10.8. The monoisotopic (exact) mass is 241 g/mol. The maximum absolute atomic E-state index is 12.1. The van der Waals surface area contributed by atoms with Crippen LogP contribution in [0.1, 0.15) is 39.5 Å². The third-order valence-electron chi connectivity index (χ3n) is 4.25. The molecule has 0 spiro atoms. The summed E-state index contributed by atoms with van der Waals surface area (Å²) in [7, 11) is 0. The van der Waals surface area contributed by atoms with Crippen molar-refractivity contribution in [3.05, 3.63) is 0 Å². The Hall–Kier alpha value is -0.610. The van der Waals surface area contributed by atoms with Gasteiger partial charge in [-0.25, -0.2) is 0 Å². The molecular formula is C13H23NO3. The van der Waals surface area contributed by atoms with Gasteiger partial charge in [-0.3, -0.25) is 4.79 Å². The second kappa shape index (κ2) is 4.58. The molecule has 2 atom stereocenters. The van der Waals surface area contributed by atoms with Crippen LogP contribution in [0.5, 0.6) is 0 Å². The second-order valence-electron chi connectivity index (χ2n) is 6.18. The lowest BCUT2D eigenvalue weighted by atomic mass is 9.81. The van der Waals surface area contributed by atoms with Gasteiger partial charge in [0.05, 0.1) is 6.61 Å². The van der Waals surface area contributed by atoms with Gasteiger partial charge in [-0.15, -0.1) is 0 Å². The van der Waals surface area contributed by atoms with Crippen LogP contribution in [-0.2, 0) is 9.53 Å². The third kappa shape index (κ3) is 2.80. The predicted octanol–water partition coefficient (Wildman–Crippen LogP) is 1.08. The van der Waals surface area contributed by atoms with Crippen molar-refractivity contribution in [2.75, 3.05) is 19.8 Å². The molecule has 2 fully saturated rings. The molecule has 2 unspecified atom stereocenters. The summed E-state index contributed by atoms with van der Waals surface area (Å²) in [5.41, 5.74) is -0.753. The first-order valence-electron chi connectivity index (χ1n) is 6.51. The van der Waals surface area contributed by atoms with E-state index in [2.05, 4.69) is 19.2 Å². The van der Waals surface area contributed by atoms with Gasteiger partial charge in [0, 0.05) is 25.5 Å². The Morgan fingerprint density at radius 2 is 2.24 bits per heavy atom. The summed E-state index contributed by atoms with van der Waals surface area (Å²) in [6.07, 6.45) is 3.81. The van der Waals surface area contributed by atoms with Gasteiger partial charge in [-0.05, 0) is 18.3 Å². The van der Waals surface area contributed by atoms with Crippen LogP contribution in [0.2, 0.25) is 0 Å². The van der Waals surface area contributed by atoms with E-state index < -0.39 is 5.60 Å². The number of ether oxygens (including phenoxy) is 1. The van der Waals surface area contributed by atoms with Crippen molar-refractivity contribution in [3.63, 3.8) is 0 Å². The Bertz CT molecular complexity index is 295. The molecule has 1 aliphatic carbocycles. The fraction of sp³-hybridized carbons (Fsp3) is 0.923. The Morgan fingerprint density at radius 1 is 1.47 bits per heavy atom. The van der Waals surface area contributed by atoms with Crippen LogP contribution in [0.4, 0.5) is 0 Å². The van der Waals surface area contributed by atoms with Gasteiger partial charge in [0.25, 0.3) is 0 Å². The molecule has 0 radical (unpaired) electrons. The highest BCUT2D eigenvalue weighted by atomic mass is 16.5. The molecule has 1 aliphatic heterocycles. The van der Waals surface area contributed by atoms with Crippen molar-refractivity contribution in [3.8, 4) is 0 Å². The van der Waals surface area contributed by atoms with Crippen LogP contribution in [0.3, 0.4) is 0 Å². The van der Waals surface area contributed by atoms with E-state index in [-0.39, 0.29) is 17.2 Å². The summed E-state index contributed by atoms with van der Waals surface area (Å²) in [6.45, 7) is 5.54. The number of hydrogen-bond acceptors (Lipinski definition) is 3. The standard InChI is InChI=1S/C13H23NO3/c1-12(2)5-3-4-10(12)11(15)14-8-13(16)6-7-17-9-13/h10,16H,3-9H2,1-2H3,(H,14,15). The Labute approximate surface area is 103 Å². The number of aliphatic hydroxyl groups is 1. The van der Waals surface area contributed by atoms with Crippen molar-refractivity contribution in [2.45, 2.75) is 45.1 Å². The lowest BCUT2D eigenvalue weighted by molar-refractivity contribution is -0.128. The molecule has 0 aromatic heterocycles. The zero-order chi connectivity index (χ0) is 12.5. The van der Waals surface area contributed by atoms with Crippen LogP contribution in [0.25, 0.3) is 0 Å². The van der Waals surface area contributed by atoms with Crippen molar-refractivity contribution >= 4 is 5.91 Å². The maximum Gasteiger partial charge on any atom is 0.223 e. The summed E-state index contributed by atoms with van der Waals surface area (Å²) < 4.78 is 5.16. The molecule has 0 aromatic rings. The number of rotatable bonds is 3. The van der Waals surface area contributed by atoms with Gasteiger partial charge in [-0.2, -0.15) is 0 Å². The summed E-state index contributed by atoms with van der Waals surface area (Å²) in [6, 6.07) is 0. The first-order valence-corrected chi connectivity index (χ1v) is 6.51. The second-order valence-corrected chi connectivity index (χ2v) is 6.18. The largest absolute Gasteiger partial charge is 0.386 e. The smallest absolute Gasteiger partial charge is 0.223 e. The molecule has 1 amide bonds. The molecule has 98 valence electrons. The fourth-order valence-electron chi connectivity index (χ4n) is 2.92. The van der Waals surface area contributed by atoms with Gasteiger partial charge < -0.3 is 15.2 Å². The van der Waals surface area contributed by atoms with Gasteiger partial charge in [0.2, 0.25) is 5.91 Å². The lowest BCUT2D eigenvalue weighted by Gasteiger charge is -2.28. The number of nitrogens with one attached hydrogen (secondary N) is 1. The number of carbonyl (C=O) groups excluding carboxylic acids is 1. The van der Waals surface area contributed by atoms with Crippen LogP contribution < -0.4 is 5.32 Å². The molecule has 1 saturated carbocycles. The maximum atomic E-state index is 12.1. The topological polar surface area (TPSA) is 58.6 Å². The normalized spacial score (nSPS) is 36.1. The quantitative estimate of drug-likeness (QED) is 0.777. The summed E-state index contributed by atoms with van der Waals surface area (Å²) >= 11 is 0. The van der Waals surface area contributed by atoms with E-state index in [0.717, 1.165) is 19.3 Å². The minimum Gasteiger partial charge on any atom is -0.386 e. The predicted molar refractivity (Wildman–Crippen MR) is 64.5 cm³/mol. The van der Waals surface area contributed by atoms with Gasteiger partial charge in [0.15, 0.2) is 0 Å². The fourth-order valence-corrected chi connectivity index (χ4v) is 2.92. The van der Waals surface area contributed by atoms with E-state index in [9.17, 15) is 9.90 Å². The first kappa shape index (κ1) is 12.8. The Balaban J connectivity index is 1.85. The van der Waals surface area contributed by atoms with Crippen molar-refractivity contribution in [1.82, 2.24) is 5.32 Å². The van der Waals surface area contributed by atoms with Crippen molar-refractivity contribution in [1.29, 1.82) is 0 Å². The van der Waals surface area contributed by atoms with E-state index in [1.807, 2.05) is 0 Å². The minimum atomic E-state index is -0.849. The highest BCUT2D eigenvalue weighted by molar-refractivity contribution is 5.79. The molecule has 2 N–H and O–H groups in total. The van der Waals surface area contributed by atoms with E-state index >= 15 is 0 Å². The van der Waals surface area contributed by atoms with Gasteiger partial charge >= 0.3 is 0 Å². The van der Waals surface area contributed by atoms with E-state index in [1.165, 1.54) is 0 Å². The summed E-state index contributed by atoms with van der Waals surface area (Å²) in [5, 5.41) is 13.0. The minimum absolute atomic E-state index is 0.0906. The average Bonchev–Trinajstić information content (AvgIpc) is 2.82. The molecule has 2 aliphatic rings. The molecule has 17 heavy (non-hydrogen) atoms. The van der Waals surface area contributed by atoms with E-state index in [1.54, 1.807) is 0 Å². The van der Waals surface area contributed by atoms with Crippen LogP contribution >= 0.6 is 0 Å². The molecular weight excluding hydrogens is 218 g/mol. The number of amides is 1. The lowest BCUT2D eigenvalue weighted by Crippen LogP contribution is -2.46. The molecule has 4 nitrogen and oxygen atoms in total. The molecule has 4 heteroatoms. The van der Waals surface area contributed by atoms with Gasteiger partial charge in [0.1, 0.15) is 5.60 Å². The molecule has 1 saturated heterocycles. The third-order valence-corrected chi connectivity index (χ3v) is 4.25. The van der Waals surface area contributed by atoms with E-state index in [0.29, 0.717) is 26.2 Å². The molecule has 1 heterocycles. The van der Waals surface area contributed by atoms with Gasteiger partial charge in [-0.1, -0.05) is 20.3 Å². The number of carbonyl (C=O) groups is 1. The summed E-state index contributed by atoms with van der Waals surface area (Å²) in [5.74, 6) is 0.182. The van der Waals surface area contributed by atoms with E-state index in [4.69, 9.17) is 4.74 Å². The van der Waals surface area contributed by atoms with Crippen LogP contribution in [0.15, 0.2) is 0 Å². The van der Waals surface area contributed by atoms with Crippen molar-refractivity contribution < 1.29 is 14.6 Å². The van der Waals surface area contributed by atoms with Crippen LogP contribution in [-0.4, -0.2) is 36.4 Å². The molecule has 2 rings (SSSR count). The average molecular weight is 241 g/mol. The zero-order valence-corrected chi connectivity index (χ0v) is 10.8.